The topological polar surface area (TPSA) is 89.5 Å². The van der Waals surface area contributed by atoms with E-state index in [4.69, 9.17) is 28.4 Å². The van der Waals surface area contributed by atoms with Gasteiger partial charge in [0.25, 0.3) is 0 Å². The fourth-order valence-corrected chi connectivity index (χ4v) is 5.70. The van der Waals surface area contributed by atoms with E-state index in [0.29, 0.717) is 59.5 Å². The van der Waals surface area contributed by atoms with E-state index >= 15 is 0 Å². The Morgan fingerprint density at radius 1 is 0.593 bits per heavy atom. The summed E-state index contributed by atoms with van der Waals surface area (Å²) in [6, 6.07) is 32.4. The van der Waals surface area contributed by atoms with Crippen LogP contribution in [0.2, 0.25) is 0 Å². The number of hydrogen-bond donors (Lipinski definition) is 0. The molecule has 0 aliphatic heterocycles. The fourth-order valence-electron chi connectivity index (χ4n) is 5.10. The first-order chi connectivity index (χ1) is 26.0. The molecular formula is C44H46FIO8. The maximum atomic E-state index is 13.5. The van der Waals surface area contributed by atoms with E-state index in [9.17, 15) is 14.0 Å². The maximum Gasteiger partial charge on any atom is 0.338 e. The molecule has 0 amide bonds. The quantitative estimate of drug-likeness (QED) is 0.0760. The van der Waals surface area contributed by atoms with Crippen LogP contribution in [0.25, 0.3) is 11.1 Å². The molecule has 10 heteroatoms. The van der Waals surface area contributed by atoms with Crippen LogP contribution in [-0.2, 0) is 22.7 Å². The van der Waals surface area contributed by atoms with Crippen molar-refractivity contribution in [1.29, 1.82) is 0 Å². The second-order valence-corrected chi connectivity index (χ2v) is 13.5. The van der Waals surface area contributed by atoms with Crippen molar-refractivity contribution in [2.45, 2.75) is 67.0 Å². The van der Waals surface area contributed by atoms with Gasteiger partial charge < -0.3 is 28.4 Å². The molecule has 8 nitrogen and oxygen atoms in total. The van der Waals surface area contributed by atoms with Crippen molar-refractivity contribution < 1.29 is 42.4 Å². The van der Waals surface area contributed by atoms with Crippen LogP contribution in [0.15, 0.2) is 109 Å². The molecule has 0 saturated heterocycles. The molecule has 0 N–H and O–H groups in total. The summed E-state index contributed by atoms with van der Waals surface area (Å²) in [6.07, 6.45) is -0.137. The molecular weight excluding hydrogens is 802 g/mol. The van der Waals surface area contributed by atoms with E-state index in [1.807, 2.05) is 88.4 Å². The van der Waals surface area contributed by atoms with E-state index in [-0.39, 0.29) is 30.6 Å². The van der Waals surface area contributed by atoms with Crippen molar-refractivity contribution in [2.24, 2.45) is 0 Å². The Morgan fingerprint density at radius 2 is 1.02 bits per heavy atom. The van der Waals surface area contributed by atoms with Crippen LogP contribution in [-0.4, -0.2) is 37.4 Å². The van der Waals surface area contributed by atoms with E-state index in [2.05, 4.69) is 22.6 Å². The van der Waals surface area contributed by atoms with E-state index in [1.165, 1.54) is 12.1 Å². The Hall–Kier alpha value is -5.10. The van der Waals surface area contributed by atoms with Crippen molar-refractivity contribution in [3.63, 3.8) is 0 Å². The molecule has 5 rings (SSSR count). The third-order valence-corrected chi connectivity index (χ3v) is 8.49. The van der Waals surface area contributed by atoms with Crippen LogP contribution in [0, 0.1) is 9.39 Å². The molecule has 0 fully saturated rings. The molecule has 0 aromatic heterocycles. The lowest BCUT2D eigenvalue weighted by molar-refractivity contribution is 0.0515. The summed E-state index contributed by atoms with van der Waals surface area (Å²) in [7, 11) is 0. The highest BCUT2D eigenvalue weighted by Crippen LogP contribution is 2.41. The van der Waals surface area contributed by atoms with Gasteiger partial charge in [0.15, 0.2) is 0 Å². The van der Waals surface area contributed by atoms with Gasteiger partial charge in [0.1, 0.15) is 42.0 Å². The number of esters is 2. The molecule has 0 radical (unpaired) electrons. The largest absolute Gasteiger partial charge is 0.490 e. The summed E-state index contributed by atoms with van der Waals surface area (Å²) in [4.78, 5) is 24.5. The molecule has 0 aliphatic carbocycles. The monoisotopic (exact) mass is 848 g/mol. The van der Waals surface area contributed by atoms with E-state index < -0.39 is 5.97 Å². The SMILES string of the molecule is CCOC(=O)c1cc(OCc2ccccc2)c(-c2ccc(F)cc2)c(OC(C)C)c1.CCOC(=O)c1cc(OCc2ccccc2)c(I)c(OC(C)C)c1. The summed E-state index contributed by atoms with van der Waals surface area (Å²) >= 11 is 2.18. The minimum absolute atomic E-state index is 0.00191. The van der Waals surface area contributed by atoms with Gasteiger partial charge in [-0.2, -0.15) is 0 Å². The molecule has 0 atom stereocenters. The molecule has 5 aromatic carbocycles. The second-order valence-electron chi connectivity index (χ2n) is 12.5. The number of carbonyl (C=O) groups is 2. The Bertz CT molecular complexity index is 1950. The van der Waals surface area contributed by atoms with Crippen LogP contribution < -0.4 is 18.9 Å². The summed E-state index contributed by atoms with van der Waals surface area (Å²) in [6.45, 7) is 12.5. The van der Waals surface area contributed by atoms with Gasteiger partial charge in [0, 0.05) is 0 Å². The highest BCUT2D eigenvalue weighted by Gasteiger charge is 2.21. The van der Waals surface area contributed by atoms with Crippen molar-refractivity contribution in [3.05, 3.63) is 141 Å². The Kier molecular flexibility index (Phi) is 16.2. The Balaban J connectivity index is 0.000000247. The first-order valence-corrected chi connectivity index (χ1v) is 18.8. The summed E-state index contributed by atoms with van der Waals surface area (Å²) in [5, 5.41) is 0. The van der Waals surface area contributed by atoms with Crippen LogP contribution in [0.3, 0.4) is 0 Å². The molecule has 284 valence electrons. The lowest BCUT2D eigenvalue weighted by Crippen LogP contribution is -2.11. The first-order valence-electron chi connectivity index (χ1n) is 17.8. The minimum Gasteiger partial charge on any atom is -0.490 e. The smallest absolute Gasteiger partial charge is 0.338 e. The average Bonchev–Trinajstić information content (AvgIpc) is 3.15. The van der Waals surface area contributed by atoms with Gasteiger partial charge in [0.2, 0.25) is 0 Å². The van der Waals surface area contributed by atoms with Gasteiger partial charge in [-0.3, -0.25) is 0 Å². The van der Waals surface area contributed by atoms with Crippen LogP contribution in [0.1, 0.15) is 73.4 Å². The van der Waals surface area contributed by atoms with Crippen molar-refractivity contribution in [1.82, 2.24) is 0 Å². The summed E-state index contributed by atoms with van der Waals surface area (Å²) in [5.41, 5.74) is 4.19. The fraction of sp³-hybridized carbons (Fsp3) is 0.273. The normalized spacial score (nSPS) is 10.6. The highest BCUT2D eigenvalue weighted by molar-refractivity contribution is 14.1. The molecule has 0 aliphatic rings. The number of benzene rings is 5. The van der Waals surface area contributed by atoms with Gasteiger partial charge in [0.05, 0.1) is 45.7 Å². The number of carbonyl (C=O) groups excluding carboxylic acids is 2. The zero-order chi connectivity index (χ0) is 39.0. The summed E-state index contributed by atoms with van der Waals surface area (Å²) < 4.78 is 48.5. The van der Waals surface area contributed by atoms with E-state index in [0.717, 1.165) is 20.3 Å². The molecule has 5 aromatic rings. The van der Waals surface area contributed by atoms with Gasteiger partial charge >= 0.3 is 11.9 Å². The molecule has 0 heterocycles. The van der Waals surface area contributed by atoms with Gasteiger partial charge in [-0.05, 0) is 117 Å². The van der Waals surface area contributed by atoms with Gasteiger partial charge in [-0.1, -0.05) is 72.8 Å². The van der Waals surface area contributed by atoms with Crippen LogP contribution >= 0.6 is 22.6 Å². The predicted molar refractivity (Wildman–Crippen MR) is 216 cm³/mol. The first kappa shape index (κ1) is 41.7. The Morgan fingerprint density at radius 3 is 1.50 bits per heavy atom. The highest BCUT2D eigenvalue weighted by atomic mass is 127. The molecule has 0 bridgehead atoms. The number of rotatable bonds is 15. The van der Waals surface area contributed by atoms with Crippen molar-refractivity contribution in [2.75, 3.05) is 13.2 Å². The van der Waals surface area contributed by atoms with E-state index in [1.54, 1.807) is 50.2 Å². The number of halogens is 2. The van der Waals surface area contributed by atoms with Crippen LogP contribution in [0.4, 0.5) is 4.39 Å². The third kappa shape index (κ3) is 12.5. The Labute approximate surface area is 330 Å². The van der Waals surface area contributed by atoms with Crippen molar-refractivity contribution in [3.8, 4) is 34.1 Å². The third-order valence-electron chi connectivity index (χ3n) is 7.43. The molecule has 0 saturated carbocycles. The predicted octanol–water partition coefficient (Wildman–Crippen LogP) is 10.9. The zero-order valence-corrected chi connectivity index (χ0v) is 33.6. The average molecular weight is 849 g/mol. The van der Waals surface area contributed by atoms with Gasteiger partial charge in [-0.15, -0.1) is 0 Å². The van der Waals surface area contributed by atoms with Gasteiger partial charge in [-0.25, -0.2) is 14.0 Å². The molecule has 0 spiro atoms. The standard InChI is InChI=1S/C25H25FO4.C19H21IO4/c1-4-28-25(27)20-14-22(29-16-18-8-6-5-7-9-18)24(23(15-20)30-17(2)3)19-10-12-21(26)13-11-19;1-4-22-19(21)15-10-16(18(20)17(11-15)24-13(2)3)23-12-14-8-6-5-7-9-14/h5-15,17H,4,16H2,1-3H3;5-11,13H,4,12H2,1-3H3. The summed E-state index contributed by atoms with van der Waals surface area (Å²) in [5.74, 6) is 1.00. The zero-order valence-electron chi connectivity index (χ0n) is 31.4. The number of hydrogen-bond acceptors (Lipinski definition) is 8. The lowest BCUT2D eigenvalue weighted by Gasteiger charge is -2.20. The second kappa shape index (κ2) is 21.0. The molecule has 54 heavy (non-hydrogen) atoms. The number of ether oxygens (including phenoxy) is 6. The maximum absolute atomic E-state index is 13.5. The van der Waals surface area contributed by atoms with Crippen molar-refractivity contribution >= 4 is 34.5 Å². The molecule has 0 unspecified atom stereocenters. The van der Waals surface area contributed by atoms with Crippen LogP contribution in [0.5, 0.6) is 23.0 Å². The lowest BCUT2D eigenvalue weighted by atomic mass is 10.0. The minimum atomic E-state index is -0.457.